The van der Waals surface area contributed by atoms with Gasteiger partial charge in [0.1, 0.15) is 11.5 Å². The number of nitrogens with zero attached hydrogens (tertiary/aromatic N) is 2. The van der Waals surface area contributed by atoms with Crippen molar-refractivity contribution in [3.8, 4) is 0 Å². The van der Waals surface area contributed by atoms with E-state index in [-0.39, 0.29) is 5.91 Å². The molecule has 3 rings (SSSR count). The van der Waals surface area contributed by atoms with Gasteiger partial charge in [0.05, 0.1) is 0 Å². The lowest BCUT2D eigenvalue weighted by Crippen LogP contribution is -2.27. The second-order valence-corrected chi connectivity index (χ2v) is 5.57. The molecular weight excluding hydrogens is 314 g/mol. The molecule has 0 radical (unpaired) electrons. The number of nitrogens with one attached hydrogen (secondary N) is 2. The number of H-pyrrole nitrogens is 1. The van der Waals surface area contributed by atoms with Gasteiger partial charge in [-0.05, 0) is 38.0 Å². The quantitative estimate of drug-likeness (QED) is 0.773. The van der Waals surface area contributed by atoms with Gasteiger partial charge in [0, 0.05) is 35.4 Å². The molecule has 0 saturated carbocycles. The molecular formula is C17H16F2N4O. The predicted molar refractivity (Wildman–Crippen MR) is 85.8 cm³/mol. The Morgan fingerprint density at radius 2 is 1.92 bits per heavy atom. The van der Waals surface area contributed by atoms with Crippen LogP contribution in [0.1, 0.15) is 27.6 Å². The number of rotatable bonds is 4. The second kappa shape index (κ2) is 6.35. The van der Waals surface area contributed by atoms with E-state index in [0.29, 0.717) is 35.4 Å². The van der Waals surface area contributed by atoms with Gasteiger partial charge in [-0.15, -0.1) is 0 Å². The maximum atomic E-state index is 13.4. The lowest BCUT2D eigenvalue weighted by atomic mass is 10.1. The van der Waals surface area contributed by atoms with Crippen LogP contribution in [-0.4, -0.2) is 27.4 Å². The average molecular weight is 330 g/mol. The first-order valence-corrected chi connectivity index (χ1v) is 7.49. The Labute approximate surface area is 137 Å². The topological polar surface area (TPSA) is 70.7 Å². The molecule has 124 valence electrons. The first-order chi connectivity index (χ1) is 11.4. The molecule has 3 aromatic rings. The van der Waals surface area contributed by atoms with E-state index in [0.717, 1.165) is 23.4 Å². The highest BCUT2D eigenvalue weighted by atomic mass is 19.2. The third kappa shape index (κ3) is 3.24. The Bertz CT molecular complexity index is 900. The van der Waals surface area contributed by atoms with Crippen LogP contribution in [0.5, 0.6) is 0 Å². The molecule has 0 aliphatic rings. The average Bonchev–Trinajstić information content (AvgIpc) is 2.89. The number of carbonyl (C=O) groups is 1. The first kappa shape index (κ1) is 16.0. The van der Waals surface area contributed by atoms with Crippen molar-refractivity contribution < 1.29 is 13.6 Å². The first-order valence-electron chi connectivity index (χ1n) is 7.49. The van der Waals surface area contributed by atoms with E-state index in [1.807, 2.05) is 0 Å². The van der Waals surface area contributed by atoms with Crippen molar-refractivity contribution in [2.75, 3.05) is 6.54 Å². The summed E-state index contributed by atoms with van der Waals surface area (Å²) < 4.78 is 26.6. The highest BCUT2D eigenvalue weighted by Gasteiger charge is 2.11. The summed E-state index contributed by atoms with van der Waals surface area (Å²) in [5.74, 6) is -1.53. The maximum absolute atomic E-state index is 13.4. The molecule has 0 saturated heterocycles. The Morgan fingerprint density at radius 3 is 2.67 bits per heavy atom. The number of hydrogen-bond donors (Lipinski definition) is 2. The fraction of sp³-hybridized carbons (Fsp3) is 0.235. The van der Waals surface area contributed by atoms with Gasteiger partial charge >= 0.3 is 0 Å². The van der Waals surface area contributed by atoms with E-state index in [4.69, 9.17) is 0 Å². The number of carbonyl (C=O) groups excluding carboxylic acids is 1. The summed E-state index contributed by atoms with van der Waals surface area (Å²) in [6, 6.07) is 3.90. The zero-order valence-corrected chi connectivity index (χ0v) is 13.3. The summed E-state index contributed by atoms with van der Waals surface area (Å²) >= 11 is 0. The number of fused-ring (bicyclic) bond motifs is 1. The molecule has 0 atom stereocenters. The molecule has 0 spiro atoms. The van der Waals surface area contributed by atoms with Crippen molar-refractivity contribution in [2.45, 2.75) is 20.3 Å². The van der Waals surface area contributed by atoms with Gasteiger partial charge in [0.15, 0.2) is 11.6 Å². The Balaban J connectivity index is 1.68. The summed E-state index contributed by atoms with van der Waals surface area (Å²) in [6.45, 7) is 3.88. The van der Waals surface area contributed by atoms with Crippen LogP contribution in [0.2, 0.25) is 0 Å². The van der Waals surface area contributed by atoms with Gasteiger partial charge < -0.3 is 10.3 Å². The molecule has 2 N–H and O–H groups in total. The largest absolute Gasteiger partial charge is 0.361 e. The van der Waals surface area contributed by atoms with Crippen LogP contribution in [0.25, 0.3) is 10.9 Å². The third-order valence-corrected chi connectivity index (χ3v) is 3.69. The fourth-order valence-electron chi connectivity index (χ4n) is 2.62. The van der Waals surface area contributed by atoms with Gasteiger partial charge in [-0.3, -0.25) is 4.79 Å². The fourth-order valence-corrected chi connectivity index (χ4v) is 2.62. The monoisotopic (exact) mass is 330 g/mol. The molecule has 0 aliphatic carbocycles. The summed E-state index contributed by atoms with van der Waals surface area (Å²) in [5, 5.41) is 3.38. The Morgan fingerprint density at radius 1 is 1.17 bits per heavy atom. The van der Waals surface area contributed by atoms with Crippen LogP contribution in [0, 0.1) is 25.5 Å². The smallest absolute Gasteiger partial charge is 0.270 e. The molecule has 24 heavy (non-hydrogen) atoms. The zero-order chi connectivity index (χ0) is 17.3. The highest BCUT2D eigenvalue weighted by molar-refractivity contribution is 5.92. The van der Waals surface area contributed by atoms with E-state index >= 15 is 0 Å². The number of aromatic nitrogens is 3. The molecule has 0 unspecified atom stereocenters. The minimum atomic E-state index is -0.890. The second-order valence-electron chi connectivity index (χ2n) is 5.57. The van der Waals surface area contributed by atoms with E-state index < -0.39 is 11.6 Å². The summed E-state index contributed by atoms with van der Waals surface area (Å²) in [5.41, 5.74) is 2.37. The summed E-state index contributed by atoms with van der Waals surface area (Å²) in [4.78, 5) is 23.2. The van der Waals surface area contributed by atoms with Gasteiger partial charge in [0.25, 0.3) is 5.91 Å². The minimum Gasteiger partial charge on any atom is -0.361 e. The van der Waals surface area contributed by atoms with Crippen LogP contribution in [-0.2, 0) is 6.42 Å². The van der Waals surface area contributed by atoms with Crippen molar-refractivity contribution in [3.05, 3.63) is 58.8 Å². The van der Waals surface area contributed by atoms with E-state index in [1.54, 1.807) is 26.1 Å². The van der Waals surface area contributed by atoms with E-state index in [2.05, 4.69) is 20.3 Å². The van der Waals surface area contributed by atoms with Crippen molar-refractivity contribution in [2.24, 2.45) is 0 Å². The van der Waals surface area contributed by atoms with Crippen molar-refractivity contribution in [3.63, 3.8) is 0 Å². The van der Waals surface area contributed by atoms with Crippen molar-refractivity contribution >= 4 is 16.8 Å². The Kier molecular flexibility index (Phi) is 4.24. The van der Waals surface area contributed by atoms with Crippen molar-refractivity contribution in [1.82, 2.24) is 20.3 Å². The molecule has 2 heterocycles. The van der Waals surface area contributed by atoms with Crippen LogP contribution in [0.15, 0.2) is 24.4 Å². The number of amides is 1. The van der Waals surface area contributed by atoms with Gasteiger partial charge in [-0.25, -0.2) is 18.7 Å². The highest BCUT2D eigenvalue weighted by Crippen LogP contribution is 2.21. The van der Waals surface area contributed by atoms with Gasteiger partial charge in [0.2, 0.25) is 0 Å². The van der Waals surface area contributed by atoms with E-state index in [9.17, 15) is 13.6 Å². The summed E-state index contributed by atoms with van der Waals surface area (Å²) in [7, 11) is 0. The van der Waals surface area contributed by atoms with Crippen molar-refractivity contribution in [1.29, 1.82) is 0 Å². The SMILES string of the molecule is Cc1cc(C(=O)NCCc2c[nH]c3cc(F)c(F)cc23)nc(C)n1. The predicted octanol–water partition coefficient (Wildman–Crippen LogP) is 2.83. The molecule has 0 bridgehead atoms. The van der Waals surface area contributed by atoms with Gasteiger partial charge in [-0.1, -0.05) is 0 Å². The molecule has 0 fully saturated rings. The molecule has 7 heteroatoms. The molecule has 0 aliphatic heterocycles. The van der Waals surface area contributed by atoms with Crippen LogP contribution >= 0.6 is 0 Å². The molecule has 1 amide bonds. The maximum Gasteiger partial charge on any atom is 0.270 e. The molecule has 2 aromatic heterocycles. The summed E-state index contributed by atoms with van der Waals surface area (Å²) in [6.07, 6.45) is 2.18. The number of aryl methyl sites for hydroxylation is 2. The number of aromatic amines is 1. The van der Waals surface area contributed by atoms with Crippen LogP contribution < -0.4 is 5.32 Å². The number of benzene rings is 1. The lowest BCUT2D eigenvalue weighted by Gasteiger charge is -2.06. The Hall–Kier alpha value is -2.83. The zero-order valence-electron chi connectivity index (χ0n) is 13.3. The van der Waals surface area contributed by atoms with Crippen LogP contribution in [0.3, 0.4) is 0 Å². The number of hydrogen-bond acceptors (Lipinski definition) is 3. The van der Waals surface area contributed by atoms with E-state index in [1.165, 1.54) is 0 Å². The third-order valence-electron chi connectivity index (χ3n) is 3.69. The molecule has 5 nitrogen and oxygen atoms in total. The van der Waals surface area contributed by atoms with Gasteiger partial charge in [-0.2, -0.15) is 0 Å². The van der Waals surface area contributed by atoms with Crippen LogP contribution in [0.4, 0.5) is 8.78 Å². The standard InChI is InChI=1S/C17H16F2N4O/c1-9-5-16(23-10(2)22-9)17(24)20-4-3-11-8-21-15-7-14(19)13(18)6-12(11)15/h5-8,21H,3-4H2,1-2H3,(H,20,24). The molecule has 1 aromatic carbocycles. The number of halogens is 2. The minimum absolute atomic E-state index is 0.291. The lowest BCUT2D eigenvalue weighted by molar-refractivity contribution is 0.0948. The normalized spacial score (nSPS) is 11.0.